The van der Waals surface area contributed by atoms with Crippen molar-refractivity contribution < 1.29 is 43.9 Å². The summed E-state index contributed by atoms with van der Waals surface area (Å²) in [6, 6.07) is 9.69. The Morgan fingerprint density at radius 2 is 1.70 bits per heavy atom. The van der Waals surface area contributed by atoms with Crippen LogP contribution in [0.1, 0.15) is 58.7 Å². The molecule has 2 aromatic carbocycles. The highest BCUT2D eigenvalue weighted by Crippen LogP contribution is 2.64. The van der Waals surface area contributed by atoms with Gasteiger partial charge in [0, 0.05) is 67.3 Å². The molecule has 1 saturated carbocycles. The van der Waals surface area contributed by atoms with Gasteiger partial charge in [0.2, 0.25) is 15.9 Å². The summed E-state index contributed by atoms with van der Waals surface area (Å²) in [5.41, 5.74) is -1.42. The molecular formula is C41H40F7N9O3S. The number of likely N-dealkylation sites (N-methyl/N-ethyl adjacent to an activating group) is 1. The summed E-state index contributed by atoms with van der Waals surface area (Å²) >= 11 is 0. The first-order valence-electron chi connectivity index (χ1n) is 19.4. The molecule has 5 aromatic rings. The molecule has 8 rings (SSSR count). The lowest BCUT2D eigenvalue weighted by atomic mass is 9.73. The summed E-state index contributed by atoms with van der Waals surface area (Å²) in [5.74, 6) is -2.75. The Morgan fingerprint density at radius 1 is 0.984 bits per heavy atom. The lowest BCUT2D eigenvalue weighted by Gasteiger charge is -2.34. The van der Waals surface area contributed by atoms with Crippen LogP contribution in [0, 0.1) is 29.4 Å². The molecule has 3 aliphatic rings. The fourth-order valence-corrected chi connectivity index (χ4v) is 9.11. The van der Waals surface area contributed by atoms with E-state index in [1.807, 2.05) is 7.05 Å². The van der Waals surface area contributed by atoms with Crippen molar-refractivity contribution in [2.24, 2.45) is 13.0 Å². The number of aromatic nitrogens is 5. The van der Waals surface area contributed by atoms with Crippen LogP contribution in [0.2, 0.25) is 0 Å². The molecule has 1 amide bonds. The van der Waals surface area contributed by atoms with Gasteiger partial charge >= 0.3 is 6.18 Å². The van der Waals surface area contributed by atoms with Crippen molar-refractivity contribution in [2.75, 3.05) is 50.7 Å². The SMILES string of the molecule is CN1CCN(CC#Cc2ccc(-c3cccc4c(NS(C)(=O)=O)nn(C)c34)c([C@H](Cc3cc(F)cc(F)c3)NC(=O)Cn3nc(C(F)(F)F)c4c3C(F)(F)[C@@H]3CC[C@H]43)n2)CC1. The Bertz CT molecular complexity index is 2700. The number of para-hydroxylation sites is 1. The molecule has 3 atom stereocenters. The number of hydrogen-bond donors (Lipinski definition) is 2. The number of nitrogens with zero attached hydrogens (tertiary/aromatic N) is 7. The predicted molar refractivity (Wildman–Crippen MR) is 211 cm³/mol. The largest absolute Gasteiger partial charge is 0.435 e. The molecule has 0 radical (unpaired) electrons. The highest BCUT2D eigenvalue weighted by Gasteiger charge is 2.63. The molecule has 2 N–H and O–H groups in total. The second kappa shape index (κ2) is 15.7. The van der Waals surface area contributed by atoms with Crippen LogP contribution in [0.15, 0.2) is 48.5 Å². The Hall–Kier alpha value is -5.52. The normalized spacial score (nSPS) is 19.4. The summed E-state index contributed by atoms with van der Waals surface area (Å²) in [6.45, 7) is 2.69. The first-order chi connectivity index (χ1) is 28.8. The van der Waals surface area contributed by atoms with Crippen LogP contribution >= 0.6 is 0 Å². The van der Waals surface area contributed by atoms with Gasteiger partial charge in [0.25, 0.3) is 5.92 Å². The second-order valence-corrected chi connectivity index (χ2v) is 17.6. The summed E-state index contributed by atoms with van der Waals surface area (Å²) < 4.78 is 132. The van der Waals surface area contributed by atoms with E-state index in [9.17, 15) is 35.2 Å². The van der Waals surface area contributed by atoms with Gasteiger partial charge in [-0.3, -0.25) is 23.8 Å². The molecule has 3 aromatic heterocycles. The van der Waals surface area contributed by atoms with Gasteiger partial charge in [-0.1, -0.05) is 18.1 Å². The number of fused-ring (bicyclic) bond motifs is 4. The number of rotatable bonds is 10. The standard InChI is InChI=1S/C41H40F7N9O3S/c1-54-14-16-56(17-15-54)13-5-6-26-9-10-27(28-7-4-8-30-36(28)55(2)52-39(30)53-61(3,59)60)35(49-26)32(20-23-18-24(42)21-25(43)19-23)50-33(58)22-57-38-34(37(51-57)41(46,47)48)29-11-12-31(29)40(38,44)45/h4,7-10,18-19,21,29,31-32H,11-17,20,22H2,1-3H3,(H,50,58)(H,52,53)/t29-,31+,32-/m0/s1. The summed E-state index contributed by atoms with van der Waals surface area (Å²) in [5, 5.41) is 11.0. The molecule has 2 aliphatic carbocycles. The van der Waals surface area contributed by atoms with Crippen molar-refractivity contribution in [1.29, 1.82) is 0 Å². The maximum absolute atomic E-state index is 15.7. The minimum Gasteiger partial charge on any atom is -0.346 e. The zero-order valence-electron chi connectivity index (χ0n) is 33.1. The van der Waals surface area contributed by atoms with E-state index in [0.717, 1.165) is 44.6 Å². The number of halogens is 7. The van der Waals surface area contributed by atoms with Crippen LogP contribution in [0.25, 0.3) is 22.0 Å². The zero-order chi connectivity index (χ0) is 43.6. The number of benzene rings is 2. The number of pyridine rings is 1. The van der Waals surface area contributed by atoms with Crippen LogP contribution in [-0.4, -0.2) is 94.7 Å². The van der Waals surface area contributed by atoms with Gasteiger partial charge in [-0.2, -0.15) is 32.1 Å². The third kappa shape index (κ3) is 8.42. The molecule has 1 saturated heterocycles. The highest BCUT2D eigenvalue weighted by atomic mass is 32.2. The summed E-state index contributed by atoms with van der Waals surface area (Å²) in [4.78, 5) is 23.3. The summed E-state index contributed by atoms with van der Waals surface area (Å²) in [7, 11) is -0.157. The maximum atomic E-state index is 15.7. The van der Waals surface area contributed by atoms with Crippen LogP contribution < -0.4 is 10.0 Å². The number of sulfonamides is 1. The van der Waals surface area contributed by atoms with Crippen molar-refractivity contribution in [3.63, 3.8) is 0 Å². The lowest BCUT2D eigenvalue weighted by Crippen LogP contribution is -2.44. The highest BCUT2D eigenvalue weighted by molar-refractivity contribution is 7.92. The van der Waals surface area contributed by atoms with Gasteiger partial charge in [-0.15, -0.1) is 0 Å². The van der Waals surface area contributed by atoms with E-state index in [4.69, 9.17) is 4.98 Å². The lowest BCUT2D eigenvalue weighted by molar-refractivity contribution is -0.144. The van der Waals surface area contributed by atoms with Gasteiger partial charge in [-0.05, 0) is 74.0 Å². The van der Waals surface area contributed by atoms with E-state index < -0.39 is 81.0 Å². The molecule has 12 nitrogen and oxygen atoms in total. The third-order valence-corrected chi connectivity index (χ3v) is 12.0. The molecule has 0 unspecified atom stereocenters. The maximum Gasteiger partial charge on any atom is 0.435 e. The first kappa shape index (κ1) is 42.2. The van der Waals surface area contributed by atoms with Crippen LogP contribution in [0.5, 0.6) is 0 Å². The Kier molecular flexibility index (Phi) is 10.9. The average molecular weight is 872 g/mol. The third-order valence-electron chi connectivity index (χ3n) is 11.5. The molecule has 1 aliphatic heterocycles. The predicted octanol–water partition coefficient (Wildman–Crippen LogP) is 5.80. The monoisotopic (exact) mass is 871 g/mol. The van der Waals surface area contributed by atoms with Gasteiger partial charge < -0.3 is 10.2 Å². The molecule has 0 spiro atoms. The van der Waals surface area contributed by atoms with Crippen LogP contribution in [0.4, 0.5) is 36.6 Å². The number of alkyl halides is 5. The van der Waals surface area contributed by atoms with Gasteiger partial charge in [-0.25, -0.2) is 22.2 Å². The van der Waals surface area contributed by atoms with Crippen LogP contribution in [-0.2, 0) is 46.9 Å². The quantitative estimate of drug-likeness (QED) is 0.133. The van der Waals surface area contributed by atoms with Crippen LogP contribution in [0.3, 0.4) is 0 Å². The van der Waals surface area contributed by atoms with E-state index in [2.05, 4.69) is 41.9 Å². The van der Waals surface area contributed by atoms with Crippen molar-refractivity contribution in [2.45, 2.75) is 49.9 Å². The molecule has 61 heavy (non-hydrogen) atoms. The number of nitrogens with one attached hydrogen (secondary N) is 2. The van der Waals surface area contributed by atoms with Gasteiger partial charge in [0.05, 0.1) is 30.1 Å². The Balaban J connectivity index is 1.24. The number of carbonyl (C=O) groups excluding carboxylic acids is 1. The van der Waals surface area contributed by atoms with Crippen molar-refractivity contribution in [1.82, 2.24) is 39.7 Å². The fourth-order valence-electron chi connectivity index (χ4n) is 8.61. The number of hydrogen-bond acceptors (Lipinski definition) is 8. The van der Waals surface area contributed by atoms with Gasteiger partial charge in [0.1, 0.15) is 29.6 Å². The average Bonchev–Trinajstić information content (AvgIpc) is 3.72. The number of amides is 1. The Labute approximate surface area is 346 Å². The molecule has 2 fully saturated rings. The molecule has 4 heterocycles. The second-order valence-electron chi connectivity index (χ2n) is 15.8. The minimum absolute atomic E-state index is 0.0143. The summed E-state index contributed by atoms with van der Waals surface area (Å²) in [6.07, 6.45) is -4.28. The zero-order valence-corrected chi connectivity index (χ0v) is 33.9. The molecule has 322 valence electrons. The van der Waals surface area contributed by atoms with Crippen molar-refractivity contribution in [3.8, 4) is 23.0 Å². The van der Waals surface area contributed by atoms with E-state index >= 15 is 8.78 Å². The number of aryl methyl sites for hydroxylation is 1. The minimum atomic E-state index is -5.06. The number of carbonyl (C=O) groups is 1. The first-order valence-corrected chi connectivity index (χ1v) is 21.3. The van der Waals surface area contributed by atoms with E-state index in [1.165, 1.54) is 4.68 Å². The fraction of sp³-hybridized carbons (Fsp3) is 0.415. The smallest absolute Gasteiger partial charge is 0.346 e. The number of anilines is 1. The van der Waals surface area contributed by atoms with E-state index in [1.54, 1.807) is 37.4 Å². The van der Waals surface area contributed by atoms with E-state index in [-0.39, 0.29) is 42.0 Å². The van der Waals surface area contributed by atoms with Crippen molar-refractivity contribution >= 4 is 32.7 Å². The molecule has 20 heteroatoms. The topological polar surface area (TPSA) is 130 Å². The molecule has 0 bridgehead atoms. The number of piperazine rings is 1. The molecular weight excluding hydrogens is 832 g/mol. The Morgan fingerprint density at radius 3 is 2.36 bits per heavy atom. The van der Waals surface area contributed by atoms with E-state index in [0.29, 0.717) is 39.3 Å². The van der Waals surface area contributed by atoms with Crippen molar-refractivity contribution in [3.05, 3.63) is 94.1 Å². The van der Waals surface area contributed by atoms with Gasteiger partial charge in [0.15, 0.2) is 11.5 Å².